The van der Waals surface area contributed by atoms with Crippen LogP contribution >= 0.6 is 0 Å². The summed E-state index contributed by atoms with van der Waals surface area (Å²) >= 11 is 0. The maximum absolute atomic E-state index is 9.30. The van der Waals surface area contributed by atoms with Crippen molar-refractivity contribution in [2.75, 3.05) is 0 Å². The van der Waals surface area contributed by atoms with E-state index in [4.69, 9.17) is 4.74 Å². The van der Waals surface area contributed by atoms with Crippen LogP contribution in [0.5, 0.6) is 0 Å². The van der Waals surface area contributed by atoms with Crippen molar-refractivity contribution in [2.24, 2.45) is 5.92 Å². The normalized spacial score (nSPS) is 22.8. The molecule has 1 saturated carbocycles. The molecule has 1 aliphatic rings. The summed E-state index contributed by atoms with van der Waals surface area (Å²) in [6.45, 7) is 5.87. The van der Waals surface area contributed by atoms with Gasteiger partial charge >= 0.3 is 0 Å². The molecule has 0 spiro atoms. The van der Waals surface area contributed by atoms with Gasteiger partial charge in [-0.1, -0.05) is 0 Å². The van der Waals surface area contributed by atoms with Crippen LogP contribution in [0.4, 0.5) is 0 Å². The van der Waals surface area contributed by atoms with Crippen molar-refractivity contribution in [3.8, 4) is 0 Å². The van der Waals surface area contributed by atoms with E-state index in [9.17, 15) is 5.11 Å². The van der Waals surface area contributed by atoms with E-state index >= 15 is 0 Å². The molecule has 0 aromatic heterocycles. The largest absolute Gasteiger partial charge is 0.368 e. The number of aliphatic hydroxyl groups is 1. The molecular formula is C8H16O2. The Hall–Kier alpha value is -0.0800. The number of ether oxygens (including phenoxy) is 1. The standard InChI is InChI=1S/C8H16O2/c1-8(2,3)10-7(9)6-4-5-6/h6-7,9H,4-5H2,1-3H3. The second-order valence-corrected chi connectivity index (χ2v) is 3.96. The summed E-state index contributed by atoms with van der Waals surface area (Å²) < 4.78 is 5.32. The minimum atomic E-state index is -0.528. The van der Waals surface area contributed by atoms with E-state index in [0.29, 0.717) is 5.92 Å². The van der Waals surface area contributed by atoms with Crippen LogP contribution in [0.25, 0.3) is 0 Å². The minimum absolute atomic E-state index is 0.206. The average Bonchev–Trinajstić information content (AvgIpc) is 2.35. The van der Waals surface area contributed by atoms with E-state index in [2.05, 4.69) is 0 Å². The summed E-state index contributed by atoms with van der Waals surface area (Å²) in [5.41, 5.74) is -0.206. The van der Waals surface area contributed by atoms with Gasteiger partial charge in [-0.3, -0.25) is 0 Å². The van der Waals surface area contributed by atoms with Gasteiger partial charge in [0.15, 0.2) is 6.29 Å². The van der Waals surface area contributed by atoms with Crippen LogP contribution in [0.1, 0.15) is 33.6 Å². The van der Waals surface area contributed by atoms with Crippen LogP contribution in [0.15, 0.2) is 0 Å². The first kappa shape index (κ1) is 8.02. The van der Waals surface area contributed by atoms with Crippen LogP contribution < -0.4 is 0 Å². The van der Waals surface area contributed by atoms with Gasteiger partial charge in [-0.25, -0.2) is 0 Å². The molecule has 0 aliphatic heterocycles. The lowest BCUT2D eigenvalue weighted by atomic mass is 10.2. The number of rotatable bonds is 2. The molecule has 0 aromatic rings. The van der Waals surface area contributed by atoms with Crippen LogP contribution in [-0.2, 0) is 4.74 Å². The fraction of sp³-hybridized carbons (Fsp3) is 1.00. The highest BCUT2D eigenvalue weighted by atomic mass is 16.6. The van der Waals surface area contributed by atoms with E-state index < -0.39 is 6.29 Å². The highest BCUT2D eigenvalue weighted by molar-refractivity contribution is 4.77. The Labute approximate surface area is 62.2 Å². The van der Waals surface area contributed by atoms with Gasteiger partial charge in [0, 0.05) is 5.92 Å². The van der Waals surface area contributed by atoms with Crippen molar-refractivity contribution in [1.82, 2.24) is 0 Å². The van der Waals surface area contributed by atoms with Gasteiger partial charge in [0.05, 0.1) is 5.60 Å². The summed E-state index contributed by atoms with van der Waals surface area (Å²) in [6, 6.07) is 0. The maximum atomic E-state index is 9.30. The molecule has 0 amide bonds. The summed E-state index contributed by atoms with van der Waals surface area (Å²) in [5, 5.41) is 9.30. The highest BCUT2D eigenvalue weighted by Gasteiger charge is 2.32. The van der Waals surface area contributed by atoms with E-state index in [1.807, 2.05) is 20.8 Å². The molecule has 1 unspecified atom stereocenters. The van der Waals surface area contributed by atoms with Crippen molar-refractivity contribution in [3.63, 3.8) is 0 Å². The lowest BCUT2D eigenvalue weighted by Crippen LogP contribution is -2.28. The van der Waals surface area contributed by atoms with Gasteiger partial charge in [0.25, 0.3) is 0 Å². The lowest BCUT2D eigenvalue weighted by molar-refractivity contribution is -0.175. The second kappa shape index (κ2) is 2.51. The zero-order valence-corrected chi connectivity index (χ0v) is 6.92. The molecule has 0 bridgehead atoms. The summed E-state index contributed by atoms with van der Waals surface area (Å²) in [4.78, 5) is 0. The fourth-order valence-corrected chi connectivity index (χ4v) is 0.840. The molecule has 60 valence electrons. The first-order valence-corrected chi connectivity index (χ1v) is 3.85. The predicted molar refractivity (Wildman–Crippen MR) is 39.6 cm³/mol. The van der Waals surface area contributed by atoms with Gasteiger partial charge < -0.3 is 9.84 Å². The van der Waals surface area contributed by atoms with E-state index in [-0.39, 0.29) is 5.60 Å². The van der Waals surface area contributed by atoms with Crippen molar-refractivity contribution in [1.29, 1.82) is 0 Å². The molecular weight excluding hydrogens is 128 g/mol. The lowest BCUT2D eigenvalue weighted by Gasteiger charge is -2.23. The average molecular weight is 144 g/mol. The monoisotopic (exact) mass is 144 g/mol. The molecule has 2 heteroatoms. The van der Waals surface area contributed by atoms with Gasteiger partial charge in [0.2, 0.25) is 0 Å². The topological polar surface area (TPSA) is 29.5 Å². The third kappa shape index (κ3) is 2.67. The van der Waals surface area contributed by atoms with Crippen molar-refractivity contribution in [2.45, 2.75) is 45.5 Å². The third-order valence-corrected chi connectivity index (χ3v) is 1.50. The Bertz CT molecular complexity index is 111. The Balaban J connectivity index is 2.23. The first-order valence-electron chi connectivity index (χ1n) is 3.85. The molecule has 2 nitrogen and oxygen atoms in total. The highest BCUT2D eigenvalue weighted by Crippen LogP contribution is 2.34. The van der Waals surface area contributed by atoms with Crippen molar-refractivity contribution in [3.05, 3.63) is 0 Å². The molecule has 1 fully saturated rings. The molecule has 1 N–H and O–H groups in total. The number of aliphatic hydroxyl groups excluding tert-OH is 1. The zero-order valence-electron chi connectivity index (χ0n) is 6.92. The predicted octanol–water partition coefficient (Wildman–Crippen LogP) is 1.53. The number of hydrogen-bond donors (Lipinski definition) is 1. The smallest absolute Gasteiger partial charge is 0.158 e. The van der Waals surface area contributed by atoms with Crippen molar-refractivity contribution >= 4 is 0 Å². The van der Waals surface area contributed by atoms with E-state index in [0.717, 1.165) is 12.8 Å². The first-order chi connectivity index (χ1) is 4.49. The molecule has 0 radical (unpaired) electrons. The summed E-state index contributed by atoms with van der Waals surface area (Å²) in [6.07, 6.45) is 1.72. The van der Waals surface area contributed by atoms with Crippen LogP contribution in [0.2, 0.25) is 0 Å². The molecule has 0 aromatic carbocycles. The van der Waals surface area contributed by atoms with Gasteiger partial charge in [0.1, 0.15) is 0 Å². The van der Waals surface area contributed by atoms with Crippen LogP contribution in [0.3, 0.4) is 0 Å². The zero-order chi connectivity index (χ0) is 7.78. The maximum Gasteiger partial charge on any atom is 0.158 e. The van der Waals surface area contributed by atoms with Gasteiger partial charge in [-0.2, -0.15) is 0 Å². The second-order valence-electron chi connectivity index (χ2n) is 3.96. The SMILES string of the molecule is CC(C)(C)OC(O)C1CC1. The third-order valence-electron chi connectivity index (χ3n) is 1.50. The number of hydrogen-bond acceptors (Lipinski definition) is 2. The van der Waals surface area contributed by atoms with E-state index in [1.165, 1.54) is 0 Å². The Morgan fingerprint density at radius 2 is 1.90 bits per heavy atom. The van der Waals surface area contributed by atoms with E-state index in [1.54, 1.807) is 0 Å². The quantitative estimate of drug-likeness (QED) is 0.595. The minimum Gasteiger partial charge on any atom is -0.368 e. The molecule has 1 rings (SSSR count). The van der Waals surface area contributed by atoms with Gasteiger partial charge in [-0.15, -0.1) is 0 Å². The summed E-state index contributed by atoms with van der Waals surface area (Å²) in [7, 11) is 0. The summed E-state index contributed by atoms with van der Waals surface area (Å²) in [5.74, 6) is 0.416. The molecule has 1 atom stereocenters. The van der Waals surface area contributed by atoms with Crippen LogP contribution in [-0.4, -0.2) is 17.0 Å². The van der Waals surface area contributed by atoms with Crippen molar-refractivity contribution < 1.29 is 9.84 Å². The Morgan fingerprint density at radius 1 is 1.40 bits per heavy atom. The van der Waals surface area contributed by atoms with Crippen LogP contribution in [0, 0.1) is 5.92 Å². The molecule has 0 heterocycles. The Morgan fingerprint density at radius 3 is 2.20 bits per heavy atom. The molecule has 10 heavy (non-hydrogen) atoms. The Kier molecular flexibility index (Phi) is 2.02. The molecule has 1 aliphatic carbocycles. The fourth-order valence-electron chi connectivity index (χ4n) is 0.840. The van der Waals surface area contributed by atoms with Gasteiger partial charge in [-0.05, 0) is 33.6 Å². The molecule has 0 saturated heterocycles.